The molecule has 0 N–H and O–H groups in total. The Morgan fingerprint density at radius 2 is 1.48 bits per heavy atom. The maximum absolute atomic E-state index is 2.55. The summed E-state index contributed by atoms with van der Waals surface area (Å²) in [6.45, 7) is 8.92. The van der Waals surface area contributed by atoms with Gasteiger partial charge in [-0.3, -0.25) is 0 Å². The number of para-hydroxylation sites is 1. The van der Waals surface area contributed by atoms with E-state index in [1.54, 1.807) is 0 Å². The van der Waals surface area contributed by atoms with Gasteiger partial charge in [0.15, 0.2) is 0 Å². The molecule has 52 heavy (non-hydrogen) atoms. The molecule has 3 unspecified atom stereocenters. The van der Waals surface area contributed by atoms with Gasteiger partial charge >= 0.3 is 0 Å². The third kappa shape index (κ3) is 8.40. The van der Waals surface area contributed by atoms with Gasteiger partial charge in [0.25, 0.3) is 0 Å². The average molecular weight is 681 g/mol. The van der Waals surface area contributed by atoms with Crippen LogP contribution in [0.3, 0.4) is 0 Å². The molecule has 3 atom stereocenters. The third-order valence-corrected chi connectivity index (χ3v) is 10.6. The van der Waals surface area contributed by atoms with E-state index in [1.165, 1.54) is 50.5 Å². The van der Waals surface area contributed by atoms with Crippen LogP contribution >= 0.6 is 0 Å². The van der Waals surface area contributed by atoms with Crippen LogP contribution in [0.25, 0.3) is 6.08 Å². The smallest absolute Gasteiger partial charge is 0.0559 e. The predicted octanol–water partition coefficient (Wildman–Crippen LogP) is 13.5. The lowest BCUT2D eigenvalue weighted by atomic mass is 9.90. The molecule has 0 heterocycles. The van der Waals surface area contributed by atoms with Gasteiger partial charge in [-0.05, 0) is 135 Å². The normalized spacial score (nSPS) is 19.7. The molecule has 7 rings (SSSR count). The summed E-state index contributed by atoms with van der Waals surface area (Å²) < 4.78 is 0. The Morgan fingerprint density at radius 3 is 2.17 bits per heavy atom. The zero-order valence-electron chi connectivity index (χ0n) is 31.3. The highest BCUT2D eigenvalue weighted by atomic mass is 15.2. The lowest BCUT2D eigenvalue weighted by Crippen LogP contribution is -2.34. The van der Waals surface area contributed by atoms with Crippen LogP contribution in [-0.2, 0) is 6.42 Å². The van der Waals surface area contributed by atoms with Gasteiger partial charge in [0.2, 0.25) is 0 Å². The maximum Gasteiger partial charge on any atom is 0.0559 e. The third-order valence-electron chi connectivity index (χ3n) is 10.6. The standard InChI is InChI=1S/C50H52N2/c1-37-15-33-49(39(3)35-37)51(45-11-7-5-8-12-45)47-29-25-43(26-30-47)23-21-41-17-19-42(20-18-41)22-24-44-27-31-48(32-28-44)52(46-13-9-6-10-14-46)50-34-16-38(2)36-40(50)4/h5-13,15,17-19,21,23,25-36,38,42,46H,14,16,20,22,24H2,1-4H3/b23-21+. The van der Waals surface area contributed by atoms with Crippen molar-refractivity contribution in [1.29, 1.82) is 0 Å². The summed E-state index contributed by atoms with van der Waals surface area (Å²) in [6, 6.07) is 35.9. The number of anilines is 4. The molecule has 3 aliphatic rings. The molecule has 0 amide bonds. The largest absolute Gasteiger partial charge is 0.334 e. The minimum absolute atomic E-state index is 0.346. The highest BCUT2D eigenvalue weighted by molar-refractivity contribution is 5.79. The quantitative estimate of drug-likeness (QED) is 0.156. The molecule has 0 aromatic heterocycles. The number of hydrogen-bond donors (Lipinski definition) is 0. The molecule has 262 valence electrons. The van der Waals surface area contributed by atoms with Crippen LogP contribution in [0.5, 0.6) is 0 Å². The maximum atomic E-state index is 2.55. The fraction of sp³-hybridized carbons (Fsp3) is 0.240. The second-order valence-corrected chi connectivity index (χ2v) is 14.8. The van der Waals surface area contributed by atoms with Gasteiger partial charge < -0.3 is 9.80 Å². The molecular formula is C50H52N2. The number of aryl methyl sites for hydroxylation is 3. The van der Waals surface area contributed by atoms with Crippen LogP contribution in [0.4, 0.5) is 22.7 Å². The lowest BCUT2D eigenvalue weighted by Gasteiger charge is -2.36. The van der Waals surface area contributed by atoms with E-state index >= 15 is 0 Å². The van der Waals surface area contributed by atoms with Crippen molar-refractivity contribution >= 4 is 28.8 Å². The van der Waals surface area contributed by atoms with E-state index in [9.17, 15) is 0 Å². The first-order valence-corrected chi connectivity index (χ1v) is 19.1. The molecule has 0 radical (unpaired) electrons. The van der Waals surface area contributed by atoms with Crippen LogP contribution in [0.15, 0.2) is 175 Å². The van der Waals surface area contributed by atoms with Crippen molar-refractivity contribution in [2.45, 2.75) is 65.8 Å². The van der Waals surface area contributed by atoms with Crippen LogP contribution in [0.1, 0.15) is 61.8 Å². The Bertz CT molecular complexity index is 2050. The van der Waals surface area contributed by atoms with E-state index < -0.39 is 0 Å². The Labute approximate surface area is 312 Å². The first kappa shape index (κ1) is 35.1. The van der Waals surface area contributed by atoms with Gasteiger partial charge in [0, 0.05) is 28.4 Å². The molecule has 2 nitrogen and oxygen atoms in total. The van der Waals surface area contributed by atoms with Gasteiger partial charge in [-0.15, -0.1) is 0 Å². The molecular weight excluding hydrogens is 629 g/mol. The Kier molecular flexibility index (Phi) is 11.0. The van der Waals surface area contributed by atoms with Gasteiger partial charge in [-0.2, -0.15) is 0 Å². The van der Waals surface area contributed by atoms with Crippen molar-refractivity contribution in [3.63, 3.8) is 0 Å². The Balaban J connectivity index is 0.955. The number of rotatable bonds is 11. The van der Waals surface area contributed by atoms with Gasteiger partial charge in [-0.1, -0.05) is 134 Å². The molecule has 0 spiro atoms. The minimum Gasteiger partial charge on any atom is -0.334 e. The molecule has 0 saturated heterocycles. The monoisotopic (exact) mass is 680 g/mol. The SMILES string of the molecule is CC1=CC(C)CC=C1N(c1ccc(CCC2C=CC(/C=C/c3ccc(N(c4ccccc4)c4ccc(C)cc4C)cc3)=CC2)cc1)C1C=CC=CC1. The highest BCUT2D eigenvalue weighted by Gasteiger charge is 2.24. The van der Waals surface area contributed by atoms with Crippen molar-refractivity contribution < 1.29 is 0 Å². The van der Waals surface area contributed by atoms with Crippen molar-refractivity contribution in [3.05, 3.63) is 197 Å². The molecule has 3 aliphatic carbocycles. The topological polar surface area (TPSA) is 6.48 Å². The van der Waals surface area contributed by atoms with Gasteiger partial charge in [0.1, 0.15) is 0 Å². The molecule has 0 aliphatic heterocycles. The second-order valence-electron chi connectivity index (χ2n) is 14.8. The number of allylic oxidation sites excluding steroid dienone is 10. The summed E-state index contributed by atoms with van der Waals surface area (Å²) in [5.74, 6) is 1.18. The first-order chi connectivity index (χ1) is 25.4. The number of benzene rings is 4. The lowest BCUT2D eigenvalue weighted by molar-refractivity contribution is 0.593. The summed E-state index contributed by atoms with van der Waals surface area (Å²) in [4.78, 5) is 4.89. The molecule has 0 saturated carbocycles. The summed E-state index contributed by atoms with van der Waals surface area (Å²) in [5, 5.41) is 0. The fourth-order valence-corrected chi connectivity index (χ4v) is 7.78. The van der Waals surface area contributed by atoms with Crippen LogP contribution in [0, 0.1) is 25.7 Å². The summed E-state index contributed by atoms with van der Waals surface area (Å²) in [6.07, 6.45) is 30.9. The number of nitrogens with zero attached hydrogens (tertiary/aromatic N) is 2. The summed E-state index contributed by atoms with van der Waals surface area (Å²) in [5.41, 5.74) is 14.0. The van der Waals surface area contributed by atoms with Crippen molar-refractivity contribution in [3.8, 4) is 0 Å². The average Bonchev–Trinajstić information content (AvgIpc) is 3.17. The second kappa shape index (κ2) is 16.3. The van der Waals surface area contributed by atoms with Crippen molar-refractivity contribution in [2.75, 3.05) is 9.80 Å². The summed E-state index contributed by atoms with van der Waals surface area (Å²) in [7, 11) is 0. The Hall–Kier alpha value is -5.34. The van der Waals surface area contributed by atoms with Crippen molar-refractivity contribution in [1.82, 2.24) is 0 Å². The summed E-state index contributed by atoms with van der Waals surface area (Å²) >= 11 is 0. The molecule has 4 aromatic carbocycles. The van der Waals surface area contributed by atoms with Crippen molar-refractivity contribution in [2.24, 2.45) is 11.8 Å². The van der Waals surface area contributed by atoms with E-state index in [-0.39, 0.29) is 0 Å². The minimum atomic E-state index is 0.346. The van der Waals surface area contributed by atoms with Crippen LogP contribution in [0.2, 0.25) is 0 Å². The fourth-order valence-electron chi connectivity index (χ4n) is 7.78. The van der Waals surface area contributed by atoms with Gasteiger partial charge in [0.05, 0.1) is 6.04 Å². The van der Waals surface area contributed by atoms with E-state index in [0.717, 1.165) is 43.5 Å². The highest BCUT2D eigenvalue weighted by Crippen LogP contribution is 2.37. The molecule has 4 aromatic rings. The van der Waals surface area contributed by atoms with E-state index in [4.69, 9.17) is 0 Å². The number of hydrogen-bond acceptors (Lipinski definition) is 2. The van der Waals surface area contributed by atoms with Gasteiger partial charge in [-0.25, -0.2) is 0 Å². The molecule has 0 fully saturated rings. The first-order valence-electron chi connectivity index (χ1n) is 19.1. The zero-order valence-corrected chi connectivity index (χ0v) is 31.3. The van der Waals surface area contributed by atoms with E-state index in [2.05, 4.69) is 201 Å². The van der Waals surface area contributed by atoms with E-state index in [1.807, 2.05) is 0 Å². The Morgan fingerprint density at radius 1 is 0.712 bits per heavy atom. The van der Waals surface area contributed by atoms with Crippen LogP contribution < -0.4 is 9.80 Å². The molecule has 2 heteroatoms. The molecule has 0 bridgehead atoms. The predicted molar refractivity (Wildman–Crippen MR) is 225 cm³/mol. The zero-order chi connectivity index (χ0) is 35.9. The van der Waals surface area contributed by atoms with E-state index in [0.29, 0.717) is 17.9 Å². The van der Waals surface area contributed by atoms with Crippen LogP contribution in [-0.4, -0.2) is 6.04 Å².